The molecule has 1 N–H and O–H groups in total. The lowest BCUT2D eigenvalue weighted by Crippen LogP contribution is -2.47. The maximum absolute atomic E-state index is 3.74. The molecule has 1 aliphatic rings. The molecule has 4 atom stereocenters. The molecule has 0 aromatic carbocycles. The van der Waals surface area contributed by atoms with Crippen molar-refractivity contribution >= 4 is 11.8 Å². The Bertz CT molecular complexity index is 247. The molecule has 0 bridgehead atoms. The van der Waals surface area contributed by atoms with Crippen LogP contribution in [-0.2, 0) is 0 Å². The van der Waals surface area contributed by atoms with Crippen LogP contribution in [0.25, 0.3) is 0 Å². The van der Waals surface area contributed by atoms with Crippen molar-refractivity contribution in [2.24, 2.45) is 11.8 Å². The molecule has 1 aliphatic carbocycles. The molecular weight excluding hydrogens is 264 g/mol. The first-order valence-electron chi connectivity index (χ1n) is 8.58. The van der Waals surface area contributed by atoms with Gasteiger partial charge in [-0.3, -0.25) is 0 Å². The van der Waals surface area contributed by atoms with E-state index in [4.69, 9.17) is 0 Å². The first-order valence-corrected chi connectivity index (χ1v) is 9.98. The molecule has 0 radical (unpaired) electrons. The van der Waals surface area contributed by atoms with Gasteiger partial charge < -0.3 is 10.2 Å². The normalized spacial score (nSPS) is 28.8. The fourth-order valence-corrected chi connectivity index (χ4v) is 4.61. The van der Waals surface area contributed by atoms with Crippen LogP contribution >= 0.6 is 11.8 Å². The SMILES string of the molecule is CCNC1CCC(CC)CC1CN(C)C(CC)CSC. The number of thioether (sulfide) groups is 1. The van der Waals surface area contributed by atoms with Gasteiger partial charge in [0, 0.05) is 24.4 Å². The van der Waals surface area contributed by atoms with E-state index in [9.17, 15) is 0 Å². The van der Waals surface area contributed by atoms with Crippen LogP contribution in [-0.4, -0.2) is 49.1 Å². The van der Waals surface area contributed by atoms with Crippen molar-refractivity contribution in [1.29, 1.82) is 0 Å². The number of hydrogen-bond donors (Lipinski definition) is 1. The van der Waals surface area contributed by atoms with Gasteiger partial charge in [-0.25, -0.2) is 0 Å². The molecule has 4 unspecified atom stereocenters. The molecule has 20 heavy (non-hydrogen) atoms. The van der Waals surface area contributed by atoms with E-state index in [2.05, 4.69) is 44.3 Å². The Morgan fingerprint density at radius 1 is 1.25 bits per heavy atom. The summed E-state index contributed by atoms with van der Waals surface area (Å²) in [4.78, 5) is 2.63. The van der Waals surface area contributed by atoms with E-state index in [1.807, 2.05) is 11.8 Å². The highest BCUT2D eigenvalue weighted by atomic mass is 32.2. The second-order valence-corrected chi connectivity index (χ2v) is 7.38. The summed E-state index contributed by atoms with van der Waals surface area (Å²) >= 11 is 1.98. The number of hydrogen-bond acceptors (Lipinski definition) is 3. The Balaban J connectivity index is 2.58. The highest BCUT2D eigenvalue weighted by molar-refractivity contribution is 7.98. The summed E-state index contributed by atoms with van der Waals surface area (Å²) in [7, 11) is 2.34. The molecule has 2 nitrogen and oxygen atoms in total. The van der Waals surface area contributed by atoms with Gasteiger partial charge in [0.2, 0.25) is 0 Å². The van der Waals surface area contributed by atoms with Gasteiger partial charge in [-0.2, -0.15) is 11.8 Å². The smallest absolute Gasteiger partial charge is 0.0180 e. The average molecular weight is 301 g/mol. The van der Waals surface area contributed by atoms with Crippen LogP contribution in [0.5, 0.6) is 0 Å². The summed E-state index contributed by atoms with van der Waals surface area (Å²) in [6.45, 7) is 9.32. The third-order valence-electron chi connectivity index (χ3n) is 5.11. The van der Waals surface area contributed by atoms with Gasteiger partial charge in [-0.05, 0) is 57.4 Å². The van der Waals surface area contributed by atoms with Crippen LogP contribution in [0.4, 0.5) is 0 Å². The minimum Gasteiger partial charge on any atom is -0.314 e. The van der Waals surface area contributed by atoms with E-state index in [0.717, 1.165) is 30.5 Å². The predicted molar refractivity (Wildman–Crippen MR) is 93.7 cm³/mol. The summed E-state index contributed by atoms with van der Waals surface area (Å²) in [5, 5.41) is 3.74. The number of rotatable bonds is 9. The minimum atomic E-state index is 0.745. The van der Waals surface area contributed by atoms with Gasteiger partial charge >= 0.3 is 0 Å². The molecule has 1 saturated carbocycles. The monoisotopic (exact) mass is 300 g/mol. The molecule has 120 valence electrons. The molecule has 1 rings (SSSR count). The van der Waals surface area contributed by atoms with Gasteiger partial charge in [-0.15, -0.1) is 0 Å². The summed E-state index contributed by atoms with van der Waals surface area (Å²) in [6.07, 6.45) is 9.09. The first kappa shape index (κ1) is 18.3. The van der Waals surface area contributed by atoms with Crippen LogP contribution in [0.1, 0.15) is 52.9 Å². The molecule has 0 heterocycles. The predicted octanol–water partition coefficient (Wildman–Crippen LogP) is 3.86. The third-order valence-corrected chi connectivity index (χ3v) is 5.83. The van der Waals surface area contributed by atoms with Gasteiger partial charge in [0.1, 0.15) is 0 Å². The standard InChI is InChI=1S/C17H36N2S/c1-6-14-9-10-17(18-8-3)15(11-14)12-19(4)16(7-2)13-20-5/h14-18H,6-13H2,1-5H3. The molecule has 0 saturated heterocycles. The van der Waals surface area contributed by atoms with Crippen molar-refractivity contribution in [3.05, 3.63) is 0 Å². The molecule has 3 heteroatoms. The Morgan fingerprint density at radius 3 is 2.55 bits per heavy atom. The first-order chi connectivity index (χ1) is 9.65. The van der Waals surface area contributed by atoms with E-state index in [1.54, 1.807) is 0 Å². The summed E-state index contributed by atoms with van der Waals surface area (Å²) in [5.41, 5.74) is 0. The third kappa shape index (κ3) is 5.57. The van der Waals surface area contributed by atoms with E-state index >= 15 is 0 Å². The summed E-state index contributed by atoms with van der Waals surface area (Å²) in [5.74, 6) is 3.07. The van der Waals surface area contributed by atoms with Crippen molar-refractivity contribution < 1.29 is 0 Å². The Morgan fingerprint density at radius 2 is 2.00 bits per heavy atom. The fourth-order valence-electron chi connectivity index (χ4n) is 3.73. The van der Waals surface area contributed by atoms with Gasteiger partial charge in [0.25, 0.3) is 0 Å². The maximum Gasteiger partial charge on any atom is 0.0180 e. The Labute approximate surface area is 131 Å². The topological polar surface area (TPSA) is 15.3 Å². The second kappa shape index (κ2) is 10.1. The average Bonchev–Trinajstić information content (AvgIpc) is 2.46. The molecule has 0 aromatic rings. The van der Waals surface area contributed by atoms with Crippen molar-refractivity contribution in [3.63, 3.8) is 0 Å². The molecule has 0 aliphatic heterocycles. The van der Waals surface area contributed by atoms with Crippen LogP contribution in [0.15, 0.2) is 0 Å². The van der Waals surface area contributed by atoms with Crippen LogP contribution < -0.4 is 5.32 Å². The van der Waals surface area contributed by atoms with Crippen molar-refractivity contribution in [2.75, 3.05) is 32.1 Å². The zero-order chi connectivity index (χ0) is 15.0. The highest BCUT2D eigenvalue weighted by Gasteiger charge is 2.30. The van der Waals surface area contributed by atoms with Gasteiger partial charge in [-0.1, -0.05) is 27.2 Å². The van der Waals surface area contributed by atoms with Crippen LogP contribution in [0, 0.1) is 11.8 Å². The minimum absolute atomic E-state index is 0.745. The van der Waals surface area contributed by atoms with Crippen molar-refractivity contribution in [2.45, 2.75) is 65.0 Å². The zero-order valence-electron chi connectivity index (χ0n) is 14.3. The Kier molecular flexibility index (Phi) is 9.23. The molecule has 0 spiro atoms. The van der Waals surface area contributed by atoms with Gasteiger partial charge in [0.05, 0.1) is 0 Å². The van der Waals surface area contributed by atoms with E-state index in [1.165, 1.54) is 44.4 Å². The van der Waals surface area contributed by atoms with Gasteiger partial charge in [0.15, 0.2) is 0 Å². The number of nitrogens with one attached hydrogen (secondary N) is 1. The van der Waals surface area contributed by atoms with Crippen LogP contribution in [0.2, 0.25) is 0 Å². The highest BCUT2D eigenvalue weighted by Crippen LogP contribution is 2.32. The quantitative estimate of drug-likeness (QED) is 0.696. The molecule has 1 fully saturated rings. The molecule has 0 aromatic heterocycles. The molecule has 0 amide bonds. The second-order valence-electron chi connectivity index (χ2n) is 6.47. The summed E-state index contributed by atoms with van der Waals surface area (Å²) in [6, 6.07) is 1.49. The lowest BCUT2D eigenvalue weighted by molar-refractivity contribution is 0.133. The zero-order valence-corrected chi connectivity index (χ0v) is 15.1. The van der Waals surface area contributed by atoms with Crippen LogP contribution in [0.3, 0.4) is 0 Å². The van der Waals surface area contributed by atoms with E-state index < -0.39 is 0 Å². The largest absolute Gasteiger partial charge is 0.314 e. The molecular formula is C17H36N2S. The van der Waals surface area contributed by atoms with E-state index in [0.29, 0.717) is 0 Å². The maximum atomic E-state index is 3.74. The number of nitrogens with zero attached hydrogens (tertiary/aromatic N) is 1. The van der Waals surface area contributed by atoms with Crippen molar-refractivity contribution in [3.8, 4) is 0 Å². The lowest BCUT2D eigenvalue weighted by atomic mass is 9.76. The fraction of sp³-hybridized carbons (Fsp3) is 1.00. The van der Waals surface area contributed by atoms with Crippen molar-refractivity contribution in [1.82, 2.24) is 10.2 Å². The Hall–Kier alpha value is 0.270. The van der Waals surface area contributed by atoms with E-state index in [-0.39, 0.29) is 0 Å². The lowest BCUT2D eigenvalue weighted by Gasteiger charge is -2.40. The summed E-state index contributed by atoms with van der Waals surface area (Å²) < 4.78 is 0.